The smallest absolute Gasteiger partial charge is 0.119 e. The summed E-state index contributed by atoms with van der Waals surface area (Å²) in [5, 5.41) is 3.58. The minimum absolute atomic E-state index is 0.403. The molecule has 1 fully saturated rings. The molecule has 1 aliphatic rings. The van der Waals surface area contributed by atoms with Gasteiger partial charge < -0.3 is 10.1 Å². The van der Waals surface area contributed by atoms with Crippen LogP contribution in [0, 0.1) is 10.8 Å². The maximum absolute atomic E-state index is 5.66. The molecule has 0 bridgehead atoms. The van der Waals surface area contributed by atoms with Gasteiger partial charge in [0.1, 0.15) is 12.4 Å². The number of para-hydroxylation sites is 1. The van der Waals surface area contributed by atoms with E-state index in [0.29, 0.717) is 16.9 Å². The molecular weight excluding hydrogens is 210 g/mol. The molecule has 0 spiro atoms. The van der Waals surface area contributed by atoms with Crippen molar-refractivity contribution in [1.29, 1.82) is 0 Å². The van der Waals surface area contributed by atoms with Crippen LogP contribution in [0.5, 0.6) is 5.75 Å². The highest BCUT2D eigenvalue weighted by Crippen LogP contribution is 2.62. The molecule has 17 heavy (non-hydrogen) atoms. The largest absolute Gasteiger partial charge is 0.492 e. The van der Waals surface area contributed by atoms with Gasteiger partial charge in [-0.25, -0.2) is 0 Å². The topological polar surface area (TPSA) is 21.3 Å². The minimum Gasteiger partial charge on any atom is -0.492 e. The van der Waals surface area contributed by atoms with E-state index in [9.17, 15) is 0 Å². The highest BCUT2D eigenvalue weighted by atomic mass is 16.5. The van der Waals surface area contributed by atoms with Crippen molar-refractivity contribution in [3.05, 3.63) is 30.3 Å². The number of nitrogens with one attached hydrogen (secondary N) is 1. The van der Waals surface area contributed by atoms with E-state index in [1.165, 1.54) is 0 Å². The van der Waals surface area contributed by atoms with Crippen molar-refractivity contribution in [2.75, 3.05) is 13.2 Å². The van der Waals surface area contributed by atoms with Crippen molar-refractivity contribution < 1.29 is 4.74 Å². The lowest BCUT2D eigenvalue weighted by atomic mass is 10.0. The van der Waals surface area contributed by atoms with Crippen molar-refractivity contribution in [3.63, 3.8) is 0 Å². The zero-order valence-corrected chi connectivity index (χ0v) is 11.3. The Morgan fingerprint density at radius 3 is 2.18 bits per heavy atom. The number of rotatable bonds is 5. The molecule has 0 atom stereocenters. The van der Waals surface area contributed by atoms with Gasteiger partial charge in [-0.1, -0.05) is 45.9 Å². The average molecular weight is 233 g/mol. The third-order valence-corrected chi connectivity index (χ3v) is 4.48. The molecule has 1 aromatic carbocycles. The van der Waals surface area contributed by atoms with E-state index in [1.807, 2.05) is 30.3 Å². The van der Waals surface area contributed by atoms with E-state index in [4.69, 9.17) is 4.74 Å². The summed E-state index contributed by atoms with van der Waals surface area (Å²) in [6, 6.07) is 10.6. The average Bonchev–Trinajstić information content (AvgIpc) is 2.67. The second-order valence-electron chi connectivity index (χ2n) is 5.99. The van der Waals surface area contributed by atoms with Crippen molar-refractivity contribution in [3.8, 4) is 5.75 Å². The third kappa shape index (κ3) is 2.32. The van der Waals surface area contributed by atoms with E-state index in [0.717, 1.165) is 18.9 Å². The zero-order valence-electron chi connectivity index (χ0n) is 11.3. The minimum atomic E-state index is 0.403. The lowest BCUT2D eigenvalue weighted by Gasteiger charge is -2.08. The summed E-state index contributed by atoms with van der Waals surface area (Å²) < 4.78 is 5.66. The Balaban J connectivity index is 1.69. The molecule has 1 aliphatic carbocycles. The number of benzene rings is 1. The first-order valence-electron chi connectivity index (χ1n) is 6.37. The SMILES string of the molecule is CC1(C)C(NCCOc2ccccc2)C1(C)C. The van der Waals surface area contributed by atoms with Crippen LogP contribution in [0.3, 0.4) is 0 Å². The van der Waals surface area contributed by atoms with E-state index in [1.54, 1.807) is 0 Å². The van der Waals surface area contributed by atoms with E-state index >= 15 is 0 Å². The molecule has 1 N–H and O–H groups in total. The van der Waals surface area contributed by atoms with E-state index in [2.05, 4.69) is 33.0 Å². The summed E-state index contributed by atoms with van der Waals surface area (Å²) >= 11 is 0. The molecule has 0 heterocycles. The van der Waals surface area contributed by atoms with Gasteiger partial charge in [0.05, 0.1) is 0 Å². The lowest BCUT2D eigenvalue weighted by molar-refractivity contribution is 0.309. The van der Waals surface area contributed by atoms with Gasteiger partial charge in [0.25, 0.3) is 0 Å². The predicted octanol–water partition coefficient (Wildman–Crippen LogP) is 3.09. The summed E-state index contributed by atoms with van der Waals surface area (Å²) in [7, 11) is 0. The van der Waals surface area contributed by atoms with Gasteiger partial charge in [0, 0.05) is 12.6 Å². The first kappa shape index (κ1) is 12.4. The maximum Gasteiger partial charge on any atom is 0.119 e. The Morgan fingerprint density at radius 1 is 1.06 bits per heavy atom. The van der Waals surface area contributed by atoms with Crippen LogP contribution < -0.4 is 10.1 Å². The third-order valence-electron chi connectivity index (χ3n) is 4.48. The first-order chi connectivity index (χ1) is 7.96. The second-order valence-corrected chi connectivity index (χ2v) is 5.99. The molecule has 2 rings (SSSR count). The Bertz CT molecular complexity index is 356. The normalized spacial score (nSPS) is 21.2. The van der Waals surface area contributed by atoms with Gasteiger partial charge in [0.15, 0.2) is 0 Å². The summed E-state index contributed by atoms with van der Waals surface area (Å²) in [6.07, 6.45) is 0. The van der Waals surface area contributed by atoms with Crippen molar-refractivity contribution in [2.45, 2.75) is 33.7 Å². The quantitative estimate of drug-likeness (QED) is 0.789. The molecule has 0 saturated heterocycles. The van der Waals surface area contributed by atoms with E-state index < -0.39 is 0 Å². The summed E-state index contributed by atoms with van der Waals surface area (Å²) in [6.45, 7) is 10.9. The highest BCUT2D eigenvalue weighted by Gasteiger charge is 2.64. The highest BCUT2D eigenvalue weighted by molar-refractivity contribution is 5.21. The lowest BCUT2D eigenvalue weighted by Crippen LogP contribution is -2.27. The van der Waals surface area contributed by atoms with Crippen molar-refractivity contribution >= 4 is 0 Å². The molecule has 0 aliphatic heterocycles. The van der Waals surface area contributed by atoms with Gasteiger partial charge >= 0.3 is 0 Å². The molecule has 0 radical (unpaired) electrons. The summed E-state index contributed by atoms with van der Waals surface area (Å²) in [5.74, 6) is 0.948. The Labute approximate surface area is 104 Å². The zero-order chi connectivity index (χ0) is 12.5. The van der Waals surface area contributed by atoms with Gasteiger partial charge in [-0.2, -0.15) is 0 Å². The molecule has 94 valence electrons. The Morgan fingerprint density at radius 2 is 1.65 bits per heavy atom. The van der Waals surface area contributed by atoms with Crippen LogP contribution in [0.15, 0.2) is 30.3 Å². The molecule has 0 unspecified atom stereocenters. The fourth-order valence-corrected chi connectivity index (χ4v) is 2.60. The van der Waals surface area contributed by atoms with Crippen LogP contribution >= 0.6 is 0 Å². The van der Waals surface area contributed by atoms with Crippen LogP contribution in [-0.2, 0) is 0 Å². The van der Waals surface area contributed by atoms with Crippen molar-refractivity contribution in [1.82, 2.24) is 5.32 Å². The van der Waals surface area contributed by atoms with E-state index in [-0.39, 0.29) is 0 Å². The summed E-state index contributed by atoms with van der Waals surface area (Å²) in [4.78, 5) is 0. The standard InChI is InChI=1S/C15H23NO/c1-14(2)13(15(14,3)4)16-10-11-17-12-8-6-5-7-9-12/h5-9,13,16H,10-11H2,1-4H3. The van der Waals surface area contributed by atoms with Gasteiger partial charge in [0.2, 0.25) is 0 Å². The molecule has 2 nitrogen and oxygen atoms in total. The Hall–Kier alpha value is -1.02. The fourth-order valence-electron chi connectivity index (χ4n) is 2.60. The van der Waals surface area contributed by atoms with Crippen LogP contribution in [0.2, 0.25) is 0 Å². The summed E-state index contributed by atoms with van der Waals surface area (Å²) in [5.41, 5.74) is 0.805. The van der Waals surface area contributed by atoms with Crippen LogP contribution in [0.4, 0.5) is 0 Å². The van der Waals surface area contributed by atoms with Crippen molar-refractivity contribution in [2.24, 2.45) is 10.8 Å². The van der Waals surface area contributed by atoms with Crippen LogP contribution in [0.1, 0.15) is 27.7 Å². The molecule has 1 saturated carbocycles. The fraction of sp³-hybridized carbons (Fsp3) is 0.600. The predicted molar refractivity (Wildman–Crippen MR) is 71.3 cm³/mol. The molecule has 1 aromatic rings. The van der Waals surface area contributed by atoms with Gasteiger partial charge in [-0.3, -0.25) is 0 Å². The monoisotopic (exact) mass is 233 g/mol. The molecule has 2 heteroatoms. The maximum atomic E-state index is 5.66. The van der Waals surface area contributed by atoms with Gasteiger partial charge in [-0.15, -0.1) is 0 Å². The van der Waals surface area contributed by atoms with Gasteiger partial charge in [-0.05, 0) is 23.0 Å². The number of ether oxygens (including phenoxy) is 1. The first-order valence-corrected chi connectivity index (χ1v) is 6.37. The number of hydrogen-bond donors (Lipinski definition) is 1. The second kappa shape index (κ2) is 4.34. The molecule has 0 aromatic heterocycles. The molecule has 0 amide bonds. The Kier molecular flexibility index (Phi) is 3.17. The molecular formula is C15H23NO. The van der Waals surface area contributed by atoms with Crippen LogP contribution in [-0.4, -0.2) is 19.2 Å². The van der Waals surface area contributed by atoms with Crippen LogP contribution in [0.25, 0.3) is 0 Å². The number of hydrogen-bond acceptors (Lipinski definition) is 2.